The fourth-order valence-corrected chi connectivity index (χ4v) is 2.68. The molecule has 0 spiro atoms. The van der Waals surface area contributed by atoms with E-state index in [0.717, 1.165) is 20.3 Å². The number of nitrogens with one attached hydrogen (secondary N) is 1. The maximum absolute atomic E-state index is 11.6. The van der Waals surface area contributed by atoms with Crippen molar-refractivity contribution in [1.29, 1.82) is 0 Å². The molecule has 0 saturated heterocycles. The zero-order chi connectivity index (χ0) is 16.9. The van der Waals surface area contributed by atoms with E-state index in [-0.39, 0.29) is 18.9 Å². The Kier molecular flexibility index (Phi) is 6.80. The topological polar surface area (TPSA) is 75.6 Å². The Morgan fingerprint density at radius 1 is 1.32 bits per heavy atom. The Balaban J connectivity index is 2.67. The molecule has 0 unspecified atom stereocenters. The molecule has 1 rings (SSSR count). The fraction of sp³-hybridized carbons (Fsp3) is 0.500. The highest BCUT2D eigenvalue weighted by atomic mass is 127. The monoisotopic (exact) mass is 419 g/mol. The summed E-state index contributed by atoms with van der Waals surface area (Å²) in [4.78, 5) is 22.5. The SMILES string of the molecule is Cc1c(I)cc(CC(=O)O)cc1CNCC(=O)OC(C)(C)C. The molecule has 0 aliphatic rings. The van der Waals surface area contributed by atoms with Crippen molar-refractivity contribution in [3.05, 3.63) is 32.4 Å². The Labute approximate surface area is 144 Å². The molecule has 0 fully saturated rings. The fourth-order valence-electron chi connectivity index (χ4n) is 1.94. The average molecular weight is 419 g/mol. The predicted octanol–water partition coefficient (Wildman–Crippen LogP) is 2.66. The summed E-state index contributed by atoms with van der Waals surface area (Å²) in [5.74, 6) is -1.16. The van der Waals surface area contributed by atoms with Gasteiger partial charge in [0.25, 0.3) is 0 Å². The third-order valence-corrected chi connectivity index (χ3v) is 3.99. The van der Waals surface area contributed by atoms with E-state index >= 15 is 0 Å². The Bertz CT molecular complexity index is 564. The van der Waals surface area contributed by atoms with Gasteiger partial charge in [-0.1, -0.05) is 6.07 Å². The molecule has 0 saturated carbocycles. The van der Waals surface area contributed by atoms with E-state index in [0.29, 0.717) is 6.54 Å². The summed E-state index contributed by atoms with van der Waals surface area (Å²) in [6, 6.07) is 3.75. The lowest BCUT2D eigenvalue weighted by Crippen LogP contribution is -2.31. The van der Waals surface area contributed by atoms with Crippen molar-refractivity contribution >= 4 is 34.5 Å². The number of carbonyl (C=O) groups excluding carboxylic acids is 1. The molecular weight excluding hydrogens is 397 g/mol. The minimum absolute atomic E-state index is 0.00462. The van der Waals surface area contributed by atoms with Gasteiger partial charge in [0.05, 0.1) is 13.0 Å². The van der Waals surface area contributed by atoms with Crippen LogP contribution in [0.5, 0.6) is 0 Å². The Morgan fingerprint density at radius 3 is 2.50 bits per heavy atom. The summed E-state index contributed by atoms with van der Waals surface area (Å²) in [5.41, 5.74) is 2.35. The Morgan fingerprint density at radius 2 is 1.95 bits per heavy atom. The van der Waals surface area contributed by atoms with Gasteiger partial charge in [-0.15, -0.1) is 0 Å². The lowest BCUT2D eigenvalue weighted by Gasteiger charge is -2.19. The van der Waals surface area contributed by atoms with Crippen molar-refractivity contribution in [2.45, 2.75) is 46.3 Å². The number of aliphatic carboxylic acids is 1. The van der Waals surface area contributed by atoms with Crippen LogP contribution in [0.1, 0.15) is 37.5 Å². The average Bonchev–Trinajstić information content (AvgIpc) is 2.32. The molecule has 0 heterocycles. The summed E-state index contributed by atoms with van der Waals surface area (Å²) in [7, 11) is 0. The molecular formula is C16H22INO4. The molecule has 1 aromatic carbocycles. The van der Waals surface area contributed by atoms with E-state index in [1.165, 1.54) is 0 Å². The number of carbonyl (C=O) groups is 2. The van der Waals surface area contributed by atoms with Gasteiger partial charge in [-0.05, 0) is 73.0 Å². The van der Waals surface area contributed by atoms with Crippen molar-refractivity contribution in [1.82, 2.24) is 5.32 Å². The quantitative estimate of drug-likeness (QED) is 0.548. The van der Waals surface area contributed by atoms with Crippen LogP contribution >= 0.6 is 22.6 Å². The van der Waals surface area contributed by atoms with Gasteiger partial charge in [-0.3, -0.25) is 9.59 Å². The highest BCUT2D eigenvalue weighted by Crippen LogP contribution is 2.19. The highest BCUT2D eigenvalue weighted by Gasteiger charge is 2.16. The molecule has 0 aliphatic carbocycles. The van der Waals surface area contributed by atoms with Crippen LogP contribution in [0.25, 0.3) is 0 Å². The van der Waals surface area contributed by atoms with Crippen molar-refractivity contribution < 1.29 is 19.4 Å². The van der Waals surface area contributed by atoms with Crippen LogP contribution in [0, 0.1) is 10.5 Å². The first-order valence-corrected chi connectivity index (χ1v) is 8.08. The van der Waals surface area contributed by atoms with Crippen LogP contribution in [-0.2, 0) is 27.3 Å². The lowest BCUT2D eigenvalue weighted by molar-refractivity contribution is -0.153. The standard InChI is InChI=1S/C16H22INO4/c1-10-12(5-11(6-13(10)17)7-14(19)20)8-18-9-15(21)22-16(2,3)4/h5-6,18H,7-9H2,1-4H3,(H,19,20). The minimum atomic E-state index is -0.854. The van der Waals surface area contributed by atoms with Gasteiger partial charge in [0, 0.05) is 10.1 Å². The van der Waals surface area contributed by atoms with Gasteiger partial charge in [-0.2, -0.15) is 0 Å². The first-order chi connectivity index (χ1) is 10.1. The van der Waals surface area contributed by atoms with E-state index in [4.69, 9.17) is 9.84 Å². The normalized spacial score (nSPS) is 11.3. The molecule has 22 heavy (non-hydrogen) atoms. The van der Waals surface area contributed by atoms with Crippen LogP contribution in [0.2, 0.25) is 0 Å². The van der Waals surface area contributed by atoms with E-state index in [1.807, 2.05) is 39.8 Å². The molecule has 5 nitrogen and oxygen atoms in total. The van der Waals surface area contributed by atoms with Crippen LogP contribution in [0.3, 0.4) is 0 Å². The van der Waals surface area contributed by atoms with Crippen molar-refractivity contribution in [2.24, 2.45) is 0 Å². The van der Waals surface area contributed by atoms with E-state index < -0.39 is 11.6 Å². The number of benzene rings is 1. The predicted molar refractivity (Wildman–Crippen MR) is 92.8 cm³/mol. The van der Waals surface area contributed by atoms with Crippen molar-refractivity contribution in [3.8, 4) is 0 Å². The molecule has 0 amide bonds. The number of rotatable bonds is 6. The number of carboxylic acid groups (broad SMARTS) is 1. The maximum Gasteiger partial charge on any atom is 0.320 e. The molecule has 0 aliphatic heterocycles. The van der Waals surface area contributed by atoms with Gasteiger partial charge in [-0.25, -0.2) is 0 Å². The number of esters is 1. The maximum atomic E-state index is 11.6. The molecule has 0 aromatic heterocycles. The molecule has 122 valence electrons. The van der Waals surface area contributed by atoms with Gasteiger partial charge in [0.1, 0.15) is 5.60 Å². The molecule has 0 atom stereocenters. The summed E-state index contributed by atoms with van der Waals surface area (Å²) >= 11 is 2.19. The van der Waals surface area contributed by atoms with Gasteiger partial charge < -0.3 is 15.2 Å². The summed E-state index contributed by atoms with van der Waals surface area (Å²) in [6.45, 7) is 8.08. The minimum Gasteiger partial charge on any atom is -0.481 e. The summed E-state index contributed by atoms with van der Waals surface area (Å²) in [6.07, 6.45) is -0.00462. The van der Waals surface area contributed by atoms with Crippen molar-refractivity contribution in [2.75, 3.05) is 6.54 Å². The third kappa shape index (κ3) is 6.74. The first kappa shape index (κ1) is 18.9. The van der Waals surface area contributed by atoms with Crippen LogP contribution < -0.4 is 5.32 Å². The molecule has 1 aromatic rings. The number of ether oxygens (including phenoxy) is 1. The van der Waals surface area contributed by atoms with E-state index in [9.17, 15) is 9.59 Å². The second-order valence-corrected chi connectivity index (χ2v) is 7.28. The van der Waals surface area contributed by atoms with Crippen molar-refractivity contribution in [3.63, 3.8) is 0 Å². The van der Waals surface area contributed by atoms with Crippen LogP contribution in [0.15, 0.2) is 12.1 Å². The summed E-state index contributed by atoms with van der Waals surface area (Å²) < 4.78 is 6.24. The van der Waals surface area contributed by atoms with Crippen LogP contribution in [-0.4, -0.2) is 29.2 Å². The second-order valence-electron chi connectivity index (χ2n) is 6.12. The van der Waals surface area contributed by atoms with E-state index in [2.05, 4.69) is 27.9 Å². The molecule has 2 N–H and O–H groups in total. The van der Waals surface area contributed by atoms with Crippen LogP contribution in [0.4, 0.5) is 0 Å². The van der Waals surface area contributed by atoms with Gasteiger partial charge in [0.15, 0.2) is 0 Å². The zero-order valence-electron chi connectivity index (χ0n) is 13.3. The number of hydrogen-bond acceptors (Lipinski definition) is 4. The first-order valence-electron chi connectivity index (χ1n) is 7.01. The Hall–Kier alpha value is -1.15. The number of halogens is 1. The smallest absolute Gasteiger partial charge is 0.320 e. The molecule has 0 radical (unpaired) electrons. The van der Waals surface area contributed by atoms with Gasteiger partial charge in [0.2, 0.25) is 0 Å². The van der Waals surface area contributed by atoms with E-state index in [1.54, 1.807) is 0 Å². The van der Waals surface area contributed by atoms with Gasteiger partial charge >= 0.3 is 11.9 Å². The zero-order valence-corrected chi connectivity index (χ0v) is 15.5. The molecule has 6 heteroatoms. The lowest BCUT2D eigenvalue weighted by atomic mass is 10.0. The highest BCUT2D eigenvalue weighted by molar-refractivity contribution is 14.1. The number of carboxylic acids is 1. The second kappa shape index (κ2) is 7.92. The number of hydrogen-bond donors (Lipinski definition) is 2. The largest absolute Gasteiger partial charge is 0.481 e. The third-order valence-electron chi connectivity index (χ3n) is 2.87. The summed E-state index contributed by atoms with van der Waals surface area (Å²) in [5, 5.41) is 11.9. The molecule has 0 bridgehead atoms.